The van der Waals surface area contributed by atoms with E-state index in [2.05, 4.69) is 110 Å². The normalized spacial score (nSPS) is 15.7. The number of benzene rings is 2. The monoisotopic (exact) mass is 610 g/mol. The van der Waals surface area contributed by atoms with Gasteiger partial charge in [0.15, 0.2) is 0 Å². The van der Waals surface area contributed by atoms with Gasteiger partial charge in [0, 0.05) is 0 Å². The van der Waals surface area contributed by atoms with Crippen LogP contribution in [-0.4, -0.2) is 69.0 Å². The van der Waals surface area contributed by atoms with E-state index in [4.69, 9.17) is 32.7 Å². The number of carbonyl (C=O) groups excluding carboxylic acids is 1. The Morgan fingerprint density at radius 2 is 1.41 bits per heavy atom. The van der Waals surface area contributed by atoms with Gasteiger partial charge in [0.25, 0.3) is 0 Å². The Balaban J connectivity index is 2.68. The van der Waals surface area contributed by atoms with E-state index < -0.39 is 42.3 Å². The third-order valence-corrected chi connectivity index (χ3v) is 18.0. The Morgan fingerprint density at radius 3 is 1.80 bits per heavy atom. The Hall–Kier alpha value is -1.19. The predicted octanol–water partition coefficient (Wildman–Crippen LogP) is 6.29. The molecule has 0 saturated heterocycles. The van der Waals surface area contributed by atoms with Gasteiger partial charge >= 0.3 is 255 Å². The first kappa shape index (κ1) is 36.0. The molecule has 0 aliphatic rings. The molecule has 1 unspecified atom stereocenters. The molecule has 0 aromatic heterocycles. The SMILES string of the molecule is [B]P(#B)O[C@@H](C=O)[C@H](O[Si](C)(C)C(C)(C)C)[C@H](CO[Si](c1ccccc1)(c1ccccc1)C(C)(C)C)OCCCC. The van der Waals surface area contributed by atoms with Crippen LogP contribution in [0, 0.1) is 0 Å². The summed E-state index contributed by atoms with van der Waals surface area (Å²) in [7, 11) is 4.71. The Morgan fingerprint density at radius 1 is 0.902 bits per heavy atom. The van der Waals surface area contributed by atoms with Gasteiger partial charge in [0.2, 0.25) is 0 Å². The van der Waals surface area contributed by atoms with Gasteiger partial charge in [-0.3, -0.25) is 0 Å². The minimum atomic E-state index is -2.88. The van der Waals surface area contributed by atoms with Crippen molar-refractivity contribution in [1.29, 1.82) is 0 Å². The van der Waals surface area contributed by atoms with Gasteiger partial charge in [-0.25, -0.2) is 0 Å². The van der Waals surface area contributed by atoms with Gasteiger partial charge < -0.3 is 0 Å². The standard InChI is InChI=1S/C31H49B2O5PSi2/c1-10-11-22-35-28(29(27(23-34)37-39(32)33)38-40(8,9)30(2,3)4)24-36-41(31(5,6)7,25-18-14-12-15-19-25)26-20-16-13-17-21-26/h12-21,23,27-29H,10-11,22,24H2,1-9H3/t27-,28-,29-/m0/s1. The summed E-state index contributed by atoms with van der Waals surface area (Å²) in [4.78, 5) is 12.5. The van der Waals surface area contributed by atoms with Gasteiger partial charge in [-0.2, -0.15) is 0 Å². The number of hydrogen-bond acceptors (Lipinski definition) is 5. The maximum atomic E-state index is 12.5. The number of hydrogen-bond donors (Lipinski definition) is 0. The number of rotatable bonds is 15. The van der Waals surface area contributed by atoms with Gasteiger partial charge in [-0.1, -0.05) is 0 Å². The molecule has 10 heteroatoms. The molecule has 2 aromatic carbocycles. The van der Waals surface area contributed by atoms with Crippen molar-refractivity contribution < 1.29 is 22.9 Å². The summed E-state index contributed by atoms with van der Waals surface area (Å²) in [5.74, 6) is 0. The fourth-order valence-electron chi connectivity index (χ4n) is 4.76. The summed E-state index contributed by atoms with van der Waals surface area (Å²) >= 11 is 0. The minimum absolute atomic E-state index is 0.109. The van der Waals surface area contributed by atoms with Crippen LogP contribution in [-0.2, 0) is 22.9 Å². The Bertz CT molecular complexity index is 1100. The van der Waals surface area contributed by atoms with Crippen molar-refractivity contribution in [2.24, 2.45) is 0 Å². The molecule has 2 radical (unpaired) electrons. The molecule has 0 N–H and O–H groups in total. The van der Waals surface area contributed by atoms with Crippen LogP contribution in [0.4, 0.5) is 0 Å². The van der Waals surface area contributed by atoms with E-state index in [-0.39, 0.29) is 16.7 Å². The van der Waals surface area contributed by atoms with Gasteiger partial charge in [0.05, 0.1) is 0 Å². The average Bonchev–Trinajstić information content (AvgIpc) is 2.89. The molecular weight excluding hydrogens is 561 g/mol. The molecule has 5 nitrogen and oxygen atoms in total. The van der Waals surface area contributed by atoms with Crippen molar-refractivity contribution in [3.63, 3.8) is 0 Å². The number of aldehydes is 1. The van der Waals surface area contributed by atoms with Crippen molar-refractivity contribution in [2.75, 3.05) is 13.2 Å². The predicted molar refractivity (Wildman–Crippen MR) is 180 cm³/mol. The number of ether oxygens (including phenoxy) is 1. The zero-order valence-corrected chi connectivity index (χ0v) is 29.4. The van der Waals surface area contributed by atoms with Crippen LogP contribution in [0.3, 0.4) is 0 Å². The summed E-state index contributed by atoms with van der Waals surface area (Å²) in [5, 5.41) is 2.01. The van der Waals surface area contributed by atoms with E-state index in [1.54, 1.807) is 0 Å². The van der Waals surface area contributed by atoms with Crippen LogP contribution >= 0.6 is 7.34 Å². The first-order valence-corrected chi connectivity index (χ1v) is 20.8. The number of unbranched alkanes of at least 4 members (excludes halogenated alkanes) is 1. The van der Waals surface area contributed by atoms with Crippen LogP contribution < -0.4 is 10.4 Å². The topological polar surface area (TPSA) is 54.0 Å². The fraction of sp³-hybridized carbons (Fsp3) is 0.581. The second-order valence-corrected chi connectivity index (χ2v) is 23.1. The molecular formula is C31H49B2O5PSi2. The van der Waals surface area contributed by atoms with Gasteiger partial charge in [0.1, 0.15) is 0 Å². The van der Waals surface area contributed by atoms with E-state index in [1.165, 1.54) is 10.4 Å². The average molecular weight is 610 g/mol. The van der Waals surface area contributed by atoms with Gasteiger partial charge in [-0.05, 0) is 0 Å². The van der Waals surface area contributed by atoms with Crippen molar-refractivity contribution in [3.05, 3.63) is 60.7 Å². The van der Waals surface area contributed by atoms with E-state index in [0.29, 0.717) is 6.61 Å². The summed E-state index contributed by atoms with van der Waals surface area (Å²) < 4.78 is 26.5. The van der Waals surface area contributed by atoms with Crippen molar-refractivity contribution in [3.8, 4) is 0 Å². The Labute approximate surface area is 254 Å². The molecule has 4 atom stereocenters. The van der Waals surface area contributed by atoms with E-state index in [9.17, 15) is 4.79 Å². The quantitative estimate of drug-likeness (QED) is 0.103. The van der Waals surface area contributed by atoms with Crippen molar-refractivity contribution in [2.45, 2.75) is 103 Å². The molecule has 0 amide bonds. The molecule has 0 fully saturated rings. The molecule has 0 heterocycles. The Kier molecular flexibility index (Phi) is 13.6. The van der Waals surface area contributed by atoms with E-state index >= 15 is 0 Å². The van der Waals surface area contributed by atoms with Crippen LogP contribution in [0.1, 0.15) is 61.3 Å². The second kappa shape index (κ2) is 15.5. The first-order chi connectivity index (χ1) is 19.1. The molecule has 0 aliphatic carbocycles. The zero-order valence-electron chi connectivity index (χ0n) is 26.6. The maximum absolute atomic E-state index is 12.5. The summed E-state index contributed by atoms with van der Waals surface area (Å²) in [5.41, 5.74) is 0. The van der Waals surface area contributed by atoms with Crippen molar-refractivity contribution in [1.82, 2.24) is 0 Å². The molecule has 0 saturated carbocycles. The summed E-state index contributed by atoms with van der Waals surface area (Å²) in [6.07, 6.45) is 0.282. The fourth-order valence-corrected chi connectivity index (χ4v) is 11.1. The molecule has 0 bridgehead atoms. The van der Waals surface area contributed by atoms with E-state index in [0.717, 1.165) is 19.1 Å². The third kappa shape index (κ3) is 9.40. The third-order valence-electron chi connectivity index (χ3n) is 8.02. The van der Waals surface area contributed by atoms with E-state index in [1.807, 2.05) is 12.1 Å². The molecule has 2 aromatic rings. The van der Waals surface area contributed by atoms with Crippen LogP contribution in [0.15, 0.2) is 60.7 Å². The van der Waals surface area contributed by atoms with Crippen molar-refractivity contribution >= 4 is 55.2 Å². The number of carbonyl (C=O) groups is 1. The molecule has 2 rings (SSSR count). The molecule has 41 heavy (non-hydrogen) atoms. The molecule has 0 aliphatic heterocycles. The van der Waals surface area contributed by atoms with Gasteiger partial charge in [-0.15, -0.1) is 0 Å². The molecule has 222 valence electrons. The van der Waals surface area contributed by atoms with Crippen LogP contribution in [0.2, 0.25) is 23.2 Å². The van der Waals surface area contributed by atoms with Crippen LogP contribution in [0.25, 0.3) is 0 Å². The molecule has 0 spiro atoms. The summed E-state index contributed by atoms with van der Waals surface area (Å²) in [6.45, 7) is 20.4. The second-order valence-electron chi connectivity index (χ2n) is 13.1. The zero-order chi connectivity index (χ0) is 30.9. The summed E-state index contributed by atoms with van der Waals surface area (Å²) in [6, 6.07) is 21.0. The first-order valence-electron chi connectivity index (χ1n) is 14.6. The van der Waals surface area contributed by atoms with Crippen LogP contribution in [0.5, 0.6) is 0 Å².